The lowest BCUT2D eigenvalue weighted by Gasteiger charge is -2.39. The fraction of sp³-hybridized carbons (Fsp3) is 0.286. The highest BCUT2D eigenvalue weighted by atomic mass is 35.5. The van der Waals surface area contributed by atoms with Crippen molar-refractivity contribution in [2.45, 2.75) is 19.4 Å². The molecule has 1 unspecified atom stereocenters. The van der Waals surface area contributed by atoms with Crippen molar-refractivity contribution in [2.75, 3.05) is 24.5 Å². The minimum absolute atomic E-state index is 0.0154. The summed E-state index contributed by atoms with van der Waals surface area (Å²) in [5.74, 6) is 0.709. The van der Waals surface area contributed by atoms with Gasteiger partial charge in [0.25, 0.3) is 5.91 Å². The molecule has 1 fully saturated rings. The average molecular weight is 482 g/mol. The molecule has 0 N–H and O–H groups in total. The average Bonchev–Trinajstić information content (AvgIpc) is 3.18. The molecule has 9 heteroatoms. The fourth-order valence-corrected chi connectivity index (χ4v) is 4.82. The molecule has 4 rings (SSSR count). The summed E-state index contributed by atoms with van der Waals surface area (Å²) in [5.41, 5.74) is 1.59. The maximum absolute atomic E-state index is 13.0. The van der Waals surface area contributed by atoms with E-state index in [-0.39, 0.29) is 11.9 Å². The monoisotopic (exact) mass is 480 g/mol. The van der Waals surface area contributed by atoms with Crippen LogP contribution in [0.1, 0.15) is 28.7 Å². The molecule has 0 radical (unpaired) electrons. The molecule has 0 saturated carbocycles. The van der Waals surface area contributed by atoms with Crippen LogP contribution in [0.2, 0.25) is 15.1 Å². The number of hydrogen-bond acceptors (Lipinski definition) is 5. The summed E-state index contributed by atoms with van der Waals surface area (Å²) in [6, 6.07) is 12.7. The number of halogens is 3. The zero-order chi connectivity index (χ0) is 21.3. The minimum atomic E-state index is -0.0792. The van der Waals surface area contributed by atoms with Gasteiger partial charge in [0.2, 0.25) is 5.13 Å². The summed E-state index contributed by atoms with van der Waals surface area (Å²) < 4.78 is 4.50. The quantitative estimate of drug-likeness (QED) is 0.498. The fourth-order valence-electron chi connectivity index (χ4n) is 3.48. The summed E-state index contributed by atoms with van der Waals surface area (Å²) in [7, 11) is 0. The number of anilines is 1. The minimum Gasteiger partial charge on any atom is -0.343 e. The van der Waals surface area contributed by atoms with E-state index in [9.17, 15) is 4.79 Å². The Morgan fingerprint density at radius 3 is 2.53 bits per heavy atom. The molecule has 2 heterocycles. The zero-order valence-corrected chi connectivity index (χ0v) is 19.3. The smallest absolute Gasteiger partial charge is 0.255 e. The van der Waals surface area contributed by atoms with Crippen molar-refractivity contribution in [2.24, 2.45) is 0 Å². The van der Waals surface area contributed by atoms with Crippen LogP contribution in [0.5, 0.6) is 0 Å². The second kappa shape index (κ2) is 9.10. The van der Waals surface area contributed by atoms with Gasteiger partial charge in [-0.1, -0.05) is 46.9 Å². The van der Waals surface area contributed by atoms with E-state index in [4.69, 9.17) is 39.8 Å². The number of rotatable bonds is 4. The van der Waals surface area contributed by atoms with Crippen LogP contribution >= 0.6 is 46.3 Å². The Bertz CT molecular complexity index is 1060. The molecular formula is C21H19Cl3N4OS. The van der Waals surface area contributed by atoms with Crippen LogP contribution in [0.4, 0.5) is 5.13 Å². The van der Waals surface area contributed by atoms with Crippen LogP contribution in [0, 0.1) is 0 Å². The molecule has 1 aliphatic rings. The molecule has 30 heavy (non-hydrogen) atoms. The molecule has 1 amide bonds. The number of carbonyl (C=O) groups excluding carboxylic acids is 1. The molecule has 156 valence electrons. The Hall–Kier alpha value is -1.86. The highest BCUT2D eigenvalue weighted by molar-refractivity contribution is 7.09. The van der Waals surface area contributed by atoms with Crippen molar-refractivity contribution in [3.63, 3.8) is 0 Å². The third-order valence-corrected chi connectivity index (χ3v) is 6.67. The lowest BCUT2D eigenvalue weighted by molar-refractivity contribution is 0.0674. The van der Waals surface area contributed by atoms with Crippen LogP contribution in [0.15, 0.2) is 42.5 Å². The van der Waals surface area contributed by atoms with Gasteiger partial charge < -0.3 is 9.80 Å². The summed E-state index contributed by atoms with van der Waals surface area (Å²) >= 11 is 19.5. The predicted octanol–water partition coefficient (Wildman–Crippen LogP) is 5.44. The molecular weight excluding hydrogens is 463 g/mol. The molecule has 2 aromatic carbocycles. The summed E-state index contributed by atoms with van der Waals surface area (Å²) in [4.78, 5) is 21.7. The Balaban J connectivity index is 1.41. The second-order valence-electron chi connectivity index (χ2n) is 7.21. The van der Waals surface area contributed by atoms with Gasteiger partial charge in [-0.05, 0) is 42.8 Å². The van der Waals surface area contributed by atoms with Gasteiger partial charge in [-0.3, -0.25) is 4.79 Å². The molecule has 1 saturated heterocycles. The number of piperazine rings is 1. The van der Waals surface area contributed by atoms with Crippen LogP contribution in [0.25, 0.3) is 0 Å². The molecule has 1 aliphatic heterocycles. The van der Waals surface area contributed by atoms with Crippen molar-refractivity contribution in [1.29, 1.82) is 0 Å². The van der Waals surface area contributed by atoms with Crippen LogP contribution in [0.3, 0.4) is 0 Å². The van der Waals surface area contributed by atoms with Crippen molar-refractivity contribution in [3.8, 4) is 0 Å². The maximum atomic E-state index is 13.0. The van der Waals surface area contributed by atoms with Crippen molar-refractivity contribution in [1.82, 2.24) is 14.3 Å². The van der Waals surface area contributed by atoms with E-state index in [1.54, 1.807) is 18.2 Å². The van der Waals surface area contributed by atoms with Crippen molar-refractivity contribution >= 4 is 57.4 Å². The normalized spacial score (nSPS) is 16.7. The third-order valence-electron chi connectivity index (χ3n) is 5.05. The first-order valence-electron chi connectivity index (χ1n) is 9.48. The highest BCUT2D eigenvalue weighted by Crippen LogP contribution is 2.26. The van der Waals surface area contributed by atoms with Crippen LogP contribution in [-0.2, 0) is 6.42 Å². The Labute approximate surface area is 194 Å². The van der Waals surface area contributed by atoms with Gasteiger partial charge in [0, 0.05) is 53.7 Å². The van der Waals surface area contributed by atoms with Gasteiger partial charge in [0.05, 0.1) is 10.6 Å². The highest BCUT2D eigenvalue weighted by Gasteiger charge is 2.30. The van der Waals surface area contributed by atoms with Gasteiger partial charge in [0.1, 0.15) is 5.82 Å². The number of nitrogens with zero attached hydrogens (tertiary/aromatic N) is 4. The molecule has 0 spiro atoms. The Morgan fingerprint density at radius 2 is 1.83 bits per heavy atom. The molecule has 1 aromatic heterocycles. The van der Waals surface area contributed by atoms with Gasteiger partial charge >= 0.3 is 0 Å². The van der Waals surface area contributed by atoms with Crippen LogP contribution < -0.4 is 4.90 Å². The lowest BCUT2D eigenvalue weighted by Crippen LogP contribution is -2.54. The van der Waals surface area contributed by atoms with E-state index in [1.807, 2.05) is 36.1 Å². The molecule has 0 aliphatic carbocycles. The molecule has 0 bridgehead atoms. The molecule has 5 nitrogen and oxygen atoms in total. The van der Waals surface area contributed by atoms with Gasteiger partial charge in [-0.25, -0.2) is 4.98 Å². The van der Waals surface area contributed by atoms with Crippen molar-refractivity contribution < 1.29 is 4.79 Å². The van der Waals surface area contributed by atoms with E-state index >= 15 is 0 Å². The lowest BCUT2D eigenvalue weighted by atomic mass is 10.1. The Kier molecular flexibility index (Phi) is 6.48. The van der Waals surface area contributed by atoms with Crippen LogP contribution in [-0.4, -0.2) is 45.8 Å². The SMILES string of the molecule is CC1CN(c2nc(Cc3ccc(Cl)cc3)ns2)CCN1C(=O)c1ccc(Cl)cc1Cl. The number of benzene rings is 2. The van der Waals surface area contributed by atoms with Gasteiger partial charge in [-0.2, -0.15) is 4.37 Å². The second-order valence-corrected chi connectivity index (χ2v) is 9.22. The van der Waals surface area contributed by atoms with E-state index in [1.165, 1.54) is 11.5 Å². The zero-order valence-electron chi connectivity index (χ0n) is 16.2. The summed E-state index contributed by atoms with van der Waals surface area (Å²) in [6.45, 7) is 4.00. The third kappa shape index (κ3) is 4.72. The summed E-state index contributed by atoms with van der Waals surface area (Å²) in [5, 5.41) is 2.48. The number of aromatic nitrogens is 2. The first kappa shape index (κ1) is 21.4. The largest absolute Gasteiger partial charge is 0.343 e. The first-order valence-corrected chi connectivity index (χ1v) is 11.4. The number of carbonyl (C=O) groups is 1. The van der Waals surface area contributed by atoms with E-state index < -0.39 is 0 Å². The van der Waals surface area contributed by atoms with Gasteiger partial charge in [-0.15, -0.1) is 0 Å². The van der Waals surface area contributed by atoms with Gasteiger partial charge in [0.15, 0.2) is 0 Å². The van der Waals surface area contributed by atoms with E-state index in [2.05, 4.69) is 9.27 Å². The van der Waals surface area contributed by atoms with E-state index in [0.717, 1.165) is 16.5 Å². The maximum Gasteiger partial charge on any atom is 0.255 e. The number of amides is 1. The topological polar surface area (TPSA) is 49.3 Å². The predicted molar refractivity (Wildman–Crippen MR) is 123 cm³/mol. The van der Waals surface area contributed by atoms with E-state index in [0.29, 0.717) is 46.7 Å². The molecule has 3 aromatic rings. The first-order chi connectivity index (χ1) is 14.4. The Morgan fingerprint density at radius 1 is 1.10 bits per heavy atom. The van der Waals surface area contributed by atoms with Crippen molar-refractivity contribution in [3.05, 3.63) is 74.5 Å². The molecule has 1 atom stereocenters. The number of hydrogen-bond donors (Lipinski definition) is 0. The standard InChI is InChI=1S/C21H19Cl3N4OS/c1-13-12-27(8-9-28(13)20(29)17-7-6-16(23)11-18(17)24)21-25-19(26-30-21)10-14-2-4-15(22)5-3-14/h2-7,11,13H,8-10,12H2,1H3. The summed E-state index contributed by atoms with van der Waals surface area (Å²) in [6.07, 6.45) is 0.663.